The summed E-state index contributed by atoms with van der Waals surface area (Å²) in [6.07, 6.45) is -3.93. The van der Waals surface area contributed by atoms with E-state index in [4.69, 9.17) is 16.3 Å². The van der Waals surface area contributed by atoms with Crippen LogP contribution in [0.5, 0.6) is 5.75 Å². The van der Waals surface area contributed by atoms with E-state index in [2.05, 4.69) is 15.9 Å². The van der Waals surface area contributed by atoms with Gasteiger partial charge in [-0.15, -0.1) is 0 Å². The molecule has 1 unspecified atom stereocenters. The second-order valence-corrected chi connectivity index (χ2v) is 4.33. The van der Waals surface area contributed by atoms with Gasteiger partial charge in [0.25, 0.3) is 11.7 Å². The summed E-state index contributed by atoms with van der Waals surface area (Å²) >= 11 is 8.45. The van der Waals surface area contributed by atoms with Crippen LogP contribution in [0, 0.1) is 0 Å². The maximum atomic E-state index is 12.3. The molecule has 88 valence electrons. The van der Waals surface area contributed by atoms with Gasteiger partial charge in [-0.3, -0.25) is 4.79 Å². The molecule has 1 aromatic rings. The molecule has 0 aromatic heterocycles. The number of benzene rings is 1. The summed E-state index contributed by atoms with van der Waals surface area (Å²) in [5.41, 5.74) is 0.0670. The van der Waals surface area contributed by atoms with Gasteiger partial charge in [0.15, 0.2) is 6.10 Å². The van der Waals surface area contributed by atoms with Crippen molar-refractivity contribution in [1.82, 2.24) is 0 Å². The van der Waals surface area contributed by atoms with Crippen LogP contribution in [0.2, 0.25) is 0 Å². The van der Waals surface area contributed by atoms with Gasteiger partial charge >= 0.3 is 0 Å². The van der Waals surface area contributed by atoms with Gasteiger partial charge in [0.2, 0.25) is 0 Å². The van der Waals surface area contributed by atoms with Crippen molar-refractivity contribution in [3.63, 3.8) is 0 Å². The number of rotatable bonds is 4. The van der Waals surface area contributed by atoms with Crippen LogP contribution in [0.3, 0.4) is 0 Å². The summed E-state index contributed by atoms with van der Waals surface area (Å²) in [6, 6.07) is 4.41. The van der Waals surface area contributed by atoms with Crippen LogP contribution < -0.4 is 4.74 Å². The van der Waals surface area contributed by atoms with Crippen LogP contribution >= 0.6 is 27.5 Å². The minimum Gasteiger partial charge on any atom is -0.484 e. The van der Waals surface area contributed by atoms with E-state index < -0.39 is 17.8 Å². The maximum absolute atomic E-state index is 12.3. The average Bonchev–Trinajstić information content (AvgIpc) is 2.16. The van der Waals surface area contributed by atoms with Crippen LogP contribution in [-0.2, 0) is 0 Å². The zero-order chi connectivity index (χ0) is 12.3. The minimum absolute atomic E-state index is 0.0437. The van der Waals surface area contributed by atoms with Gasteiger partial charge < -0.3 is 4.74 Å². The normalized spacial score (nSPS) is 12.6. The summed E-state index contributed by atoms with van der Waals surface area (Å²) in [5.74, 6) is 0.0437. The van der Waals surface area contributed by atoms with E-state index in [0.717, 1.165) is 0 Å². The largest absolute Gasteiger partial charge is 0.484 e. The molecule has 0 heterocycles. The third-order valence-corrected chi connectivity index (χ3v) is 2.52. The molecule has 0 saturated carbocycles. The van der Waals surface area contributed by atoms with Crippen molar-refractivity contribution in [3.05, 3.63) is 28.2 Å². The lowest BCUT2D eigenvalue weighted by atomic mass is 10.2. The molecule has 1 rings (SSSR count). The third-order valence-electron chi connectivity index (χ3n) is 1.82. The Hall–Kier alpha value is -0.680. The quantitative estimate of drug-likeness (QED) is 0.789. The Balaban J connectivity index is 3.01. The van der Waals surface area contributed by atoms with Gasteiger partial charge in [0, 0.05) is 4.47 Å². The Bertz CT molecular complexity index is 398. The summed E-state index contributed by atoms with van der Waals surface area (Å²) in [7, 11) is 0. The molecule has 0 aliphatic rings. The first-order valence-corrected chi connectivity index (χ1v) is 5.53. The lowest BCUT2D eigenvalue weighted by Crippen LogP contribution is -2.22. The highest BCUT2D eigenvalue weighted by Crippen LogP contribution is 2.27. The molecule has 0 bridgehead atoms. The van der Waals surface area contributed by atoms with Gasteiger partial charge in [-0.05, 0) is 36.7 Å². The van der Waals surface area contributed by atoms with E-state index in [0.29, 0.717) is 4.47 Å². The third kappa shape index (κ3) is 3.42. The van der Waals surface area contributed by atoms with Crippen LogP contribution in [-0.4, -0.2) is 17.8 Å². The first-order chi connectivity index (χ1) is 7.41. The summed E-state index contributed by atoms with van der Waals surface area (Å²) in [5, 5.41) is -0.746. The molecule has 1 atom stereocenters. The highest BCUT2D eigenvalue weighted by atomic mass is 79.9. The van der Waals surface area contributed by atoms with Crippen LogP contribution in [0.15, 0.2) is 22.7 Å². The highest BCUT2D eigenvalue weighted by Gasteiger charge is 2.19. The number of halogens is 4. The fourth-order valence-corrected chi connectivity index (χ4v) is 1.50. The number of hydrogen-bond donors (Lipinski definition) is 0. The molecule has 0 radical (unpaired) electrons. The molecular formula is C10H8BrClF2O2. The van der Waals surface area contributed by atoms with Crippen molar-refractivity contribution in [2.24, 2.45) is 0 Å². The van der Waals surface area contributed by atoms with Gasteiger partial charge in [0.05, 0.1) is 5.56 Å². The lowest BCUT2D eigenvalue weighted by molar-refractivity contribution is 0.0221. The second-order valence-electron chi connectivity index (χ2n) is 3.07. The Kier molecular flexibility index (Phi) is 4.68. The molecule has 0 spiro atoms. The Morgan fingerprint density at radius 1 is 1.50 bits per heavy atom. The van der Waals surface area contributed by atoms with Gasteiger partial charge in [-0.1, -0.05) is 15.9 Å². The highest BCUT2D eigenvalue weighted by molar-refractivity contribution is 9.10. The molecule has 0 fully saturated rings. The SMILES string of the molecule is CC(Oc1cc(Br)ccc1C(=O)Cl)C(F)F. The average molecular weight is 314 g/mol. The van der Waals surface area contributed by atoms with E-state index in [-0.39, 0.29) is 11.3 Å². The number of hydrogen-bond acceptors (Lipinski definition) is 2. The molecule has 0 aliphatic heterocycles. The lowest BCUT2D eigenvalue weighted by Gasteiger charge is -2.15. The van der Waals surface area contributed by atoms with Gasteiger partial charge in [-0.25, -0.2) is 8.78 Å². The van der Waals surface area contributed by atoms with Crippen LogP contribution in [0.4, 0.5) is 8.78 Å². The summed E-state index contributed by atoms with van der Waals surface area (Å²) in [6.45, 7) is 1.22. The fraction of sp³-hybridized carbons (Fsp3) is 0.300. The number of alkyl halides is 2. The zero-order valence-electron chi connectivity index (χ0n) is 8.22. The Morgan fingerprint density at radius 2 is 2.12 bits per heavy atom. The van der Waals surface area contributed by atoms with E-state index in [1.807, 2.05) is 0 Å². The Morgan fingerprint density at radius 3 is 2.62 bits per heavy atom. The van der Waals surface area contributed by atoms with Gasteiger partial charge in [-0.2, -0.15) is 0 Å². The summed E-state index contributed by atoms with van der Waals surface area (Å²) < 4.78 is 30.2. The smallest absolute Gasteiger partial charge is 0.274 e. The molecule has 16 heavy (non-hydrogen) atoms. The van der Waals surface area contributed by atoms with Crippen LogP contribution in [0.1, 0.15) is 17.3 Å². The molecular weight excluding hydrogens is 305 g/mol. The Labute approximate surface area is 105 Å². The van der Waals surface area contributed by atoms with E-state index in [9.17, 15) is 13.6 Å². The van der Waals surface area contributed by atoms with E-state index >= 15 is 0 Å². The van der Waals surface area contributed by atoms with Crippen molar-refractivity contribution >= 4 is 32.8 Å². The van der Waals surface area contributed by atoms with Crippen molar-refractivity contribution in [2.75, 3.05) is 0 Å². The molecule has 0 saturated heterocycles. The van der Waals surface area contributed by atoms with Gasteiger partial charge in [0.1, 0.15) is 5.75 Å². The number of carbonyl (C=O) groups excluding carboxylic acids is 1. The van der Waals surface area contributed by atoms with Crippen LogP contribution in [0.25, 0.3) is 0 Å². The van der Waals surface area contributed by atoms with Crippen molar-refractivity contribution in [1.29, 1.82) is 0 Å². The molecule has 1 aromatic carbocycles. The number of carbonyl (C=O) groups is 1. The predicted octanol–water partition coefficient (Wildman–Crippen LogP) is 3.86. The van der Waals surface area contributed by atoms with E-state index in [1.54, 1.807) is 6.07 Å². The molecule has 0 amide bonds. The monoisotopic (exact) mass is 312 g/mol. The molecule has 0 N–H and O–H groups in total. The first-order valence-electron chi connectivity index (χ1n) is 4.36. The second kappa shape index (κ2) is 5.59. The standard InChI is InChI=1S/C10H8BrClF2O2/c1-5(10(13)14)16-8-4-6(11)2-3-7(8)9(12)15/h2-5,10H,1H3. The molecule has 2 nitrogen and oxygen atoms in total. The first kappa shape index (κ1) is 13.4. The number of ether oxygens (including phenoxy) is 1. The van der Waals surface area contributed by atoms with Crippen molar-refractivity contribution < 1.29 is 18.3 Å². The fourth-order valence-electron chi connectivity index (χ4n) is 1.01. The van der Waals surface area contributed by atoms with Crippen molar-refractivity contribution in [3.8, 4) is 5.75 Å². The zero-order valence-corrected chi connectivity index (χ0v) is 10.6. The topological polar surface area (TPSA) is 26.3 Å². The molecule has 6 heteroatoms. The predicted molar refractivity (Wildman–Crippen MR) is 60.4 cm³/mol. The van der Waals surface area contributed by atoms with E-state index in [1.165, 1.54) is 19.1 Å². The van der Waals surface area contributed by atoms with Crippen molar-refractivity contribution in [2.45, 2.75) is 19.5 Å². The minimum atomic E-state index is -2.63. The molecule has 0 aliphatic carbocycles. The summed E-state index contributed by atoms with van der Waals surface area (Å²) in [4.78, 5) is 11.0. The maximum Gasteiger partial charge on any atom is 0.274 e.